The first-order chi connectivity index (χ1) is 4.68. The Kier molecular flexibility index (Phi) is 5.90. The van der Waals surface area contributed by atoms with Crippen LogP contribution in [0.5, 0.6) is 0 Å². The second-order valence-electron chi connectivity index (χ2n) is 2.83. The van der Waals surface area contributed by atoms with Crippen LogP contribution in [0.25, 0.3) is 0 Å². The normalized spacial score (nSPS) is 9.60. The molecule has 0 nitrogen and oxygen atoms in total. The molecule has 1 heteroatoms. The quantitative estimate of drug-likeness (QED) is 0.446. The molecule has 0 bridgehead atoms. The van der Waals surface area contributed by atoms with Gasteiger partial charge in [0.1, 0.15) is 0 Å². The Bertz CT molecular complexity index is 110. The van der Waals surface area contributed by atoms with Crippen molar-refractivity contribution >= 4 is 11.8 Å². The molecule has 0 N–H and O–H groups in total. The van der Waals surface area contributed by atoms with Crippen LogP contribution in [0.4, 0.5) is 0 Å². The number of allylic oxidation sites excluding steroid dienone is 1. The predicted molar refractivity (Wildman–Crippen MR) is 51.7 cm³/mol. The summed E-state index contributed by atoms with van der Waals surface area (Å²) in [5, 5.41) is 0. The predicted octanol–water partition coefficient (Wildman–Crippen LogP) is 3.49. The molecule has 0 aromatic rings. The van der Waals surface area contributed by atoms with Crippen LogP contribution in [0, 0.1) is 0 Å². The summed E-state index contributed by atoms with van der Waals surface area (Å²) in [6.45, 7) is 8.81. The third-order valence-corrected chi connectivity index (χ3v) is 2.85. The summed E-state index contributed by atoms with van der Waals surface area (Å²) >= 11 is 2.03. The van der Waals surface area contributed by atoms with E-state index in [-0.39, 0.29) is 0 Å². The molecule has 0 aliphatic carbocycles. The first-order valence-electron chi connectivity index (χ1n) is 3.89. The van der Waals surface area contributed by atoms with E-state index in [1.807, 2.05) is 11.8 Å². The number of hydrogen-bond donors (Lipinski definition) is 0. The lowest BCUT2D eigenvalue weighted by Gasteiger charge is -2.01. The van der Waals surface area contributed by atoms with E-state index >= 15 is 0 Å². The summed E-state index contributed by atoms with van der Waals surface area (Å²) < 4.78 is 0. The highest BCUT2D eigenvalue weighted by atomic mass is 32.2. The van der Waals surface area contributed by atoms with Crippen LogP contribution in [0.3, 0.4) is 0 Å². The van der Waals surface area contributed by atoms with Crippen molar-refractivity contribution in [2.45, 2.75) is 34.1 Å². The van der Waals surface area contributed by atoms with E-state index < -0.39 is 0 Å². The fourth-order valence-corrected chi connectivity index (χ4v) is 1.54. The summed E-state index contributed by atoms with van der Waals surface area (Å²) in [7, 11) is 0. The second-order valence-corrected chi connectivity index (χ2v) is 3.94. The summed E-state index contributed by atoms with van der Waals surface area (Å²) in [5.41, 5.74) is 3.02. The maximum absolute atomic E-state index is 2.23. The first-order valence-corrected chi connectivity index (χ1v) is 5.04. The van der Waals surface area contributed by atoms with Gasteiger partial charge >= 0.3 is 0 Å². The Morgan fingerprint density at radius 1 is 1.20 bits per heavy atom. The molecule has 0 amide bonds. The first kappa shape index (κ1) is 10.1. The SMILES string of the molecule is CCCSCC(C)=C(C)C. The Morgan fingerprint density at radius 3 is 2.20 bits per heavy atom. The van der Waals surface area contributed by atoms with Crippen LogP contribution in [0.1, 0.15) is 34.1 Å². The highest BCUT2D eigenvalue weighted by Crippen LogP contribution is 2.11. The zero-order chi connectivity index (χ0) is 7.98. The number of rotatable bonds is 4. The minimum atomic E-state index is 1.22. The van der Waals surface area contributed by atoms with Crippen LogP contribution in [0.15, 0.2) is 11.1 Å². The zero-order valence-electron chi connectivity index (χ0n) is 7.53. The lowest BCUT2D eigenvalue weighted by Crippen LogP contribution is -1.86. The fourth-order valence-electron chi connectivity index (χ4n) is 0.514. The van der Waals surface area contributed by atoms with Crippen molar-refractivity contribution < 1.29 is 0 Å². The van der Waals surface area contributed by atoms with Gasteiger partial charge in [-0.2, -0.15) is 11.8 Å². The summed E-state index contributed by atoms with van der Waals surface area (Å²) in [6.07, 6.45) is 1.29. The van der Waals surface area contributed by atoms with Crippen LogP contribution in [0.2, 0.25) is 0 Å². The maximum atomic E-state index is 2.23. The van der Waals surface area contributed by atoms with Gasteiger partial charge < -0.3 is 0 Å². The monoisotopic (exact) mass is 158 g/mol. The fraction of sp³-hybridized carbons (Fsp3) is 0.778. The van der Waals surface area contributed by atoms with Crippen LogP contribution in [-0.2, 0) is 0 Å². The van der Waals surface area contributed by atoms with E-state index in [9.17, 15) is 0 Å². The van der Waals surface area contributed by atoms with Crippen LogP contribution >= 0.6 is 11.8 Å². The Labute approximate surface area is 69.1 Å². The highest BCUT2D eigenvalue weighted by molar-refractivity contribution is 7.99. The van der Waals surface area contributed by atoms with Gasteiger partial charge in [0.15, 0.2) is 0 Å². The third kappa shape index (κ3) is 4.92. The Balaban J connectivity index is 3.40. The maximum Gasteiger partial charge on any atom is 0.0143 e. The van der Waals surface area contributed by atoms with Gasteiger partial charge in [-0.05, 0) is 32.9 Å². The lowest BCUT2D eigenvalue weighted by atomic mass is 10.2. The van der Waals surface area contributed by atoms with Gasteiger partial charge in [0.05, 0.1) is 0 Å². The van der Waals surface area contributed by atoms with Crippen molar-refractivity contribution in [3.05, 3.63) is 11.1 Å². The van der Waals surface area contributed by atoms with Gasteiger partial charge in [0.25, 0.3) is 0 Å². The molecule has 0 fully saturated rings. The Morgan fingerprint density at radius 2 is 1.80 bits per heavy atom. The molecule has 0 aliphatic heterocycles. The van der Waals surface area contributed by atoms with Gasteiger partial charge in [0.2, 0.25) is 0 Å². The minimum absolute atomic E-state index is 1.22. The van der Waals surface area contributed by atoms with E-state index in [1.54, 1.807) is 5.57 Å². The minimum Gasteiger partial charge on any atom is -0.158 e. The van der Waals surface area contributed by atoms with Crippen molar-refractivity contribution in [1.82, 2.24) is 0 Å². The molecule has 0 aromatic carbocycles. The molecule has 0 spiro atoms. The average molecular weight is 158 g/mol. The van der Waals surface area contributed by atoms with E-state index in [2.05, 4.69) is 27.7 Å². The molecular weight excluding hydrogens is 140 g/mol. The van der Waals surface area contributed by atoms with E-state index in [4.69, 9.17) is 0 Å². The smallest absolute Gasteiger partial charge is 0.0143 e. The standard InChI is InChI=1S/C9H18S/c1-5-6-10-7-9(4)8(2)3/h5-7H2,1-4H3. The summed E-state index contributed by atoms with van der Waals surface area (Å²) in [4.78, 5) is 0. The molecule has 0 heterocycles. The molecule has 0 atom stereocenters. The van der Waals surface area contributed by atoms with Crippen molar-refractivity contribution in [3.8, 4) is 0 Å². The van der Waals surface area contributed by atoms with Crippen molar-refractivity contribution in [1.29, 1.82) is 0 Å². The molecular formula is C9H18S. The van der Waals surface area contributed by atoms with E-state index in [0.717, 1.165) is 0 Å². The van der Waals surface area contributed by atoms with Crippen LogP contribution < -0.4 is 0 Å². The molecule has 0 unspecified atom stereocenters. The van der Waals surface area contributed by atoms with Gasteiger partial charge in [0, 0.05) is 5.75 Å². The van der Waals surface area contributed by atoms with E-state index in [1.165, 1.54) is 23.5 Å². The molecule has 0 aromatic heterocycles. The van der Waals surface area contributed by atoms with Crippen molar-refractivity contribution in [2.75, 3.05) is 11.5 Å². The molecule has 0 radical (unpaired) electrons. The summed E-state index contributed by atoms with van der Waals surface area (Å²) in [5.74, 6) is 2.51. The average Bonchev–Trinajstić information content (AvgIpc) is 1.88. The number of hydrogen-bond acceptors (Lipinski definition) is 1. The lowest BCUT2D eigenvalue weighted by molar-refractivity contribution is 1.10. The molecule has 0 saturated carbocycles. The third-order valence-electron chi connectivity index (χ3n) is 1.52. The van der Waals surface area contributed by atoms with Gasteiger partial charge in [-0.25, -0.2) is 0 Å². The van der Waals surface area contributed by atoms with E-state index in [0.29, 0.717) is 0 Å². The molecule has 60 valence electrons. The number of thioether (sulfide) groups is 1. The van der Waals surface area contributed by atoms with Crippen molar-refractivity contribution in [2.24, 2.45) is 0 Å². The topological polar surface area (TPSA) is 0 Å². The highest BCUT2D eigenvalue weighted by Gasteiger charge is 1.91. The van der Waals surface area contributed by atoms with Gasteiger partial charge in [-0.15, -0.1) is 0 Å². The molecule has 0 aliphatic rings. The largest absolute Gasteiger partial charge is 0.158 e. The molecule has 0 rings (SSSR count). The van der Waals surface area contributed by atoms with Crippen molar-refractivity contribution in [3.63, 3.8) is 0 Å². The van der Waals surface area contributed by atoms with Gasteiger partial charge in [-0.3, -0.25) is 0 Å². The Hall–Kier alpha value is 0.0900. The zero-order valence-corrected chi connectivity index (χ0v) is 8.35. The molecule has 0 saturated heterocycles. The van der Waals surface area contributed by atoms with Crippen LogP contribution in [-0.4, -0.2) is 11.5 Å². The van der Waals surface area contributed by atoms with Gasteiger partial charge in [-0.1, -0.05) is 18.1 Å². The molecule has 10 heavy (non-hydrogen) atoms. The summed E-state index contributed by atoms with van der Waals surface area (Å²) in [6, 6.07) is 0. The second kappa shape index (κ2) is 5.84.